The van der Waals surface area contributed by atoms with Crippen LogP contribution in [0.1, 0.15) is 18.5 Å². The maximum atomic E-state index is 13.1. The molecule has 0 aliphatic heterocycles. The molecule has 0 saturated heterocycles. The van der Waals surface area contributed by atoms with Gasteiger partial charge in [-0.25, -0.2) is 30.7 Å². The summed E-state index contributed by atoms with van der Waals surface area (Å²) in [5.74, 6) is -4.65. The van der Waals surface area contributed by atoms with E-state index in [-0.39, 0.29) is 5.56 Å². The molecule has 0 aromatic heterocycles. The number of hydrogen-bond donors (Lipinski definition) is 1. The zero-order valence-electron chi connectivity index (χ0n) is 11.3. The summed E-state index contributed by atoms with van der Waals surface area (Å²) in [4.78, 5) is -0.471. The van der Waals surface area contributed by atoms with E-state index in [1.165, 1.54) is 13.0 Å². The Morgan fingerprint density at radius 3 is 1.95 bits per heavy atom. The Bertz CT molecular complexity index is 808. The Morgan fingerprint density at radius 2 is 1.41 bits per heavy atom. The summed E-state index contributed by atoms with van der Waals surface area (Å²) in [6.45, 7) is 1.41. The number of halogens is 4. The lowest BCUT2D eigenvalue weighted by molar-refractivity contribution is 0.502. The second-order valence-electron chi connectivity index (χ2n) is 4.59. The van der Waals surface area contributed by atoms with Crippen molar-refractivity contribution in [1.29, 1.82) is 0 Å². The molecule has 1 N–H and O–H groups in total. The molecule has 0 saturated carbocycles. The van der Waals surface area contributed by atoms with Crippen LogP contribution in [0.15, 0.2) is 41.3 Å². The highest BCUT2D eigenvalue weighted by atomic mass is 32.2. The van der Waals surface area contributed by atoms with Crippen LogP contribution < -0.4 is 4.72 Å². The molecular weight excluding hydrogens is 322 g/mol. The smallest absolute Gasteiger partial charge is 0.207 e. The van der Waals surface area contributed by atoms with E-state index in [2.05, 4.69) is 4.72 Å². The Morgan fingerprint density at radius 1 is 0.864 bits per heavy atom. The predicted octanol–water partition coefficient (Wildman–Crippen LogP) is 3.28. The lowest BCUT2D eigenvalue weighted by Crippen LogP contribution is -2.27. The molecule has 0 heterocycles. The third-order valence-corrected chi connectivity index (χ3v) is 4.52. The van der Waals surface area contributed by atoms with E-state index in [1.54, 1.807) is 0 Å². The van der Waals surface area contributed by atoms with E-state index in [4.69, 9.17) is 0 Å². The highest BCUT2D eigenvalue weighted by Gasteiger charge is 2.20. The molecule has 118 valence electrons. The van der Waals surface area contributed by atoms with Crippen LogP contribution in [-0.4, -0.2) is 8.42 Å². The van der Waals surface area contributed by atoms with Gasteiger partial charge in [0.05, 0.1) is 4.90 Å². The molecule has 2 aromatic rings. The molecule has 2 rings (SSSR count). The van der Waals surface area contributed by atoms with Gasteiger partial charge in [-0.15, -0.1) is 0 Å². The predicted molar refractivity (Wildman–Crippen MR) is 71.5 cm³/mol. The average molecular weight is 333 g/mol. The van der Waals surface area contributed by atoms with Crippen molar-refractivity contribution >= 4 is 10.0 Å². The Hall–Kier alpha value is -1.93. The second kappa shape index (κ2) is 6.05. The van der Waals surface area contributed by atoms with Crippen molar-refractivity contribution in [2.75, 3.05) is 0 Å². The minimum Gasteiger partial charge on any atom is -0.207 e. The topological polar surface area (TPSA) is 46.2 Å². The fourth-order valence-corrected chi connectivity index (χ4v) is 3.04. The largest absolute Gasteiger partial charge is 0.241 e. The molecule has 0 spiro atoms. The van der Waals surface area contributed by atoms with E-state index in [0.717, 1.165) is 18.2 Å². The van der Waals surface area contributed by atoms with Gasteiger partial charge in [0.2, 0.25) is 10.0 Å². The zero-order chi connectivity index (χ0) is 16.5. The Balaban J connectivity index is 2.27. The molecule has 0 aliphatic rings. The molecule has 22 heavy (non-hydrogen) atoms. The van der Waals surface area contributed by atoms with Crippen molar-refractivity contribution < 1.29 is 26.0 Å². The molecule has 0 aliphatic carbocycles. The summed E-state index contributed by atoms with van der Waals surface area (Å²) in [6, 6.07) is 4.17. The van der Waals surface area contributed by atoms with E-state index < -0.39 is 44.2 Å². The number of benzene rings is 2. The zero-order valence-corrected chi connectivity index (χ0v) is 12.1. The van der Waals surface area contributed by atoms with Crippen molar-refractivity contribution in [2.24, 2.45) is 0 Å². The van der Waals surface area contributed by atoms with Gasteiger partial charge in [-0.05, 0) is 42.8 Å². The quantitative estimate of drug-likeness (QED) is 0.873. The van der Waals surface area contributed by atoms with Gasteiger partial charge in [0.25, 0.3) is 0 Å². The number of sulfonamides is 1. The summed E-state index contributed by atoms with van der Waals surface area (Å²) < 4.78 is 78.2. The van der Waals surface area contributed by atoms with Crippen LogP contribution in [0.25, 0.3) is 0 Å². The molecule has 0 fully saturated rings. The summed E-state index contributed by atoms with van der Waals surface area (Å²) >= 11 is 0. The van der Waals surface area contributed by atoms with Crippen LogP contribution in [0.3, 0.4) is 0 Å². The third kappa shape index (κ3) is 3.45. The maximum Gasteiger partial charge on any atom is 0.241 e. The van der Waals surface area contributed by atoms with Crippen LogP contribution >= 0.6 is 0 Å². The first kappa shape index (κ1) is 16.4. The van der Waals surface area contributed by atoms with Crippen molar-refractivity contribution in [3.8, 4) is 0 Å². The van der Waals surface area contributed by atoms with E-state index in [9.17, 15) is 26.0 Å². The SMILES string of the molecule is C[C@@H](NS(=O)(=O)c1ccc(F)c(F)c1)c1ccc(F)c(F)c1. The van der Waals surface area contributed by atoms with Crippen molar-refractivity contribution in [1.82, 2.24) is 4.72 Å². The van der Waals surface area contributed by atoms with Gasteiger partial charge in [0.1, 0.15) is 0 Å². The van der Waals surface area contributed by atoms with Crippen LogP contribution in [0.2, 0.25) is 0 Å². The number of hydrogen-bond acceptors (Lipinski definition) is 2. The molecular formula is C14H11F4NO2S. The van der Waals surface area contributed by atoms with Crippen molar-refractivity contribution in [2.45, 2.75) is 17.9 Å². The van der Waals surface area contributed by atoms with Gasteiger partial charge in [0, 0.05) is 6.04 Å². The third-order valence-electron chi connectivity index (χ3n) is 2.98. The second-order valence-corrected chi connectivity index (χ2v) is 6.31. The number of rotatable bonds is 4. The first-order chi connectivity index (χ1) is 10.2. The minimum atomic E-state index is -4.14. The monoisotopic (exact) mass is 333 g/mol. The molecule has 8 heteroatoms. The van der Waals surface area contributed by atoms with E-state index in [1.807, 2.05) is 0 Å². The molecule has 0 amide bonds. The van der Waals surface area contributed by atoms with Crippen LogP contribution in [0.4, 0.5) is 17.6 Å². The minimum absolute atomic E-state index is 0.185. The van der Waals surface area contributed by atoms with Crippen LogP contribution in [0, 0.1) is 23.3 Å². The Labute approximate surface area is 124 Å². The van der Waals surface area contributed by atoms with Gasteiger partial charge < -0.3 is 0 Å². The fourth-order valence-electron chi connectivity index (χ4n) is 1.79. The van der Waals surface area contributed by atoms with E-state index >= 15 is 0 Å². The van der Waals surface area contributed by atoms with Gasteiger partial charge >= 0.3 is 0 Å². The van der Waals surface area contributed by atoms with Crippen molar-refractivity contribution in [3.63, 3.8) is 0 Å². The molecule has 1 atom stereocenters. The van der Waals surface area contributed by atoms with Gasteiger partial charge in [0.15, 0.2) is 23.3 Å². The van der Waals surface area contributed by atoms with Crippen LogP contribution in [0.5, 0.6) is 0 Å². The Kier molecular flexibility index (Phi) is 4.52. The average Bonchev–Trinajstić information content (AvgIpc) is 2.44. The van der Waals surface area contributed by atoms with Crippen molar-refractivity contribution in [3.05, 3.63) is 65.2 Å². The van der Waals surface area contributed by atoms with Gasteiger partial charge in [-0.1, -0.05) is 6.07 Å². The molecule has 0 radical (unpaired) electrons. The lowest BCUT2D eigenvalue weighted by Gasteiger charge is -2.15. The maximum absolute atomic E-state index is 13.1. The number of nitrogens with one attached hydrogen (secondary N) is 1. The standard InChI is InChI=1S/C14H11F4NO2S/c1-8(9-2-4-11(15)13(17)6-9)19-22(20,21)10-3-5-12(16)14(18)7-10/h2-8,19H,1H3/t8-/m1/s1. The summed E-state index contributed by atoms with van der Waals surface area (Å²) in [7, 11) is -4.14. The molecule has 0 unspecified atom stereocenters. The fraction of sp³-hybridized carbons (Fsp3) is 0.143. The normalized spacial score (nSPS) is 13.1. The highest BCUT2D eigenvalue weighted by molar-refractivity contribution is 7.89. The van der Waals surface area contributed by atoms with Gasteiger partial charge in [-0.2, -0.15) is 0 Å². The van der Waals surface area contributed by atoms with E-state index in [0.29, 0.717) is 12.1 Å². The summed E-state index contributed by atoms with van der Waals surface area (Å²) in [5.41, 5.74) is 0.185. The van der Waals surface area contributed by atoms with Gasteiger partial charge in [-0.3, -0.25) is 0 Å². The van der Waals surface area contributed by atoms with Crippen LogP contribution in [-0.2, 0) is 10.0 Å². The summed E-state index contributed by atoms with van der Waals surface area (Å²) in [6.07, 6.45) is 0. The molecule has 2 aromatic carbocycles. The molecule has 3 nitrogen and oxygen atoms in total. The first-order valence-electron chi connectivity index (χ1n) is 6.13. The highest BCUT2D eigenvalue weighted by Crippen LogP contribution is 2.20. The molecule has 0 bridgehead atoms. The lowest BCUT2D eigenvalue weighted by atomic mass is 10.1. The summed E-state index contributed by atoms with van der Waals surface area (Å²) in [5, 5.41) is 0. The first-order valence-corrected chi connectivity index (χ1v) is 7.61.